The van der Waals surface area contributed by atoms with Gasteiger partial charge in [-0.25, -0.2) is 0 Å². The van der Waals surface area contributed by atoms with Crippen LogP contribution in [0.1, 0.15) is 62.3 Å². The first-order valence-electron chi connectivity index (χ1n) is 13.8. The molecule has 9 unspecified atom stereocenters. The van der Waals surface area contributed by atoms with Crippen molar-refractivity contribution in [2.24, 2.45) is 0 Å². The maximum absolute atomic E-state index is 11.0. The fourth-order valence-corrected chi connectivity index (χ4v) is 4.26. The molecule has 0 aromatic carbocycles. The van der Waals surface area contributed by atoms with Gasteiger partial charge in [-0.05, 0) is 20.8 Å². The fraction of sp³-hybridized carbons (Fsp3) is 0.778. The first-order chi connectivity index (χ1) is 20.7. The van der Waals surface area contributed by atoms with Crippen LogP contribution in [0.5, 0.6) is 0 Å². The third-order valence-corrected chi connectivity index (χ3v) is 6.06. The average molecular weight is 655 g/mol. The Labute approximate surface area is 259 Å². The van der Waals surface area contributed by atoms with Gasteiger partial charge in [0.15, 0.2) is 18.5 Å². The Morgan fingerprint density at radius 2 is 0.711 bits per heavy atom. The minimum absolute atomic E-state index is 0.477. The van der Waals surface area contributed by atoms with Gasteiger partial charge < -0.3 is 58.0 Å². The zero-order chi connectivity index (χ0) is 34.8. The summed E-state index contributed by atoms with van der Waals surface area (Å²) in [5, 5.41) is 26.4. The lowest BCUT2D eigenvalue weighted by atomic mass is 10.1. The molecule has 0 aromatic heterocycles. The number of aliphatic hydroxyl groups excluding tert-OH is 3. The summed E-state index contributed by atoms with van der Waals surface area (Å²) in [6.07, 6.45) is -10.5. The van der Waals surface area contributed by atoms with E-state index in [1.165, 1.54) is 41.5 Å². The van der Waals surface area contributed by atoms with Crippen molar-refractivity contribution in [3.05, 3.63) is 0 Å². The highest BCUT2D eigenvalue weighted by molar-refractivity contribution is 5.69. The highest BCUT2D eigenvalue weighted by Crippen LogP contribution is 2.29. The second kappa shape index (κ2) is 17.9. The summed E-state index contributed by atoms with van der Waals surface area (Å²) in [7, 11) is 0. The number of aliphatic hydroxyl groups is 3. The van der Waals surface area contributed by atoms with Crippen LogP contribution in [0.15, 0.2) is 0 Å². The van der Waals surface area contributed by atoms with Gasteiger partial charge in [0.2, 0.25) is 24.8 Å². The van der Waals surface area contributed by atoms with Crippen LogP contribution in [-0.2, 0) is 71.4 Å². The Hall–Kier alpha value is -3.42. The van der Waals surface area contributed by atoms with E-state index in [4.69, 9.17) is 53.2 Å². The Balaban J connectivity index is 0.000000356. The van der Waals surface area contributed by atoms with Crippen molar-refractivity contribution < 1.29 is 86.7 Å². The molecule has 3 heterocycles. The Morgan fingerprint density at radius 3 is 0.911 bits per heavy atom. The van der Waals surface area contributed by atoms with Crippen LogP contribution in [0.4, 0.5) is 0 Å². The molecule has 0 radical (unpaired) electrons. The first-order valence-corrected chi connectivity index (χ1v) is 13.8. The zero-order valence-electron chi connectivity index (χ0n) is 26.4. The predicted octanol–water partition coefficient (Wildman–Crippen LogP) is -1.24. The van der Waals surface area contributed by atoms with Crippen LogP contribution in [0.3, 0.4) is 0 Å². The van der Waals surface area contributed by atoms with E-state index in [-0.39, 0.29) is 0 Å². The molecule has 3 saturated heterocycles. The van der Waals surface area contributed by atoms with Crippen LogP contribution >= 0.6 is 0 Å². The highest BCUT2D eigenvalue weighted by Gasteiger charge is 2.50. The van der Waals surface area contributed by atoms with Crippen LogP contribution in [0.25, 0.3) is 0 Å². The summed E-state index contributed by atoms with van der Waals surface area (Å²) >= 11 is 0. The lowest BCUT2D eigenvalue weighted by Crippen LogP contribution is -2.40. The molecule has 0 spiro atoms. The third kappa shape index (κ3) is 12.8. The maximum atomic E-state index is 11.0. The largest absolute Gasteiger partial charge is 0.456 e. The van der Waals surface area contributed by atoms with E-state index in [1.807, 2.05) is 0 Å². The molecule has 3 rings (SSSR count). The normalized spacial score (nSPS) is 34.9. The lowest BCUT2D eigenvalue weighted by Gasteiger charge is -2.22. The average Bonchev–Trinajstić information content (AvgIpc) is 3.40. The van der Waals surface area contributed by atoms with Crippen molar-refractivity contribution in [2.75, 3.05) is 0 Å². The van der Waals surface area contributed by atoms with Crippen molar-refractivity contribution >= 4 is 35.8 Å². The molecular weight excluding hydrogens is 612 g/mol. The van der Waals surface area contributed by atoms with Crippen molar-refractivity contribution in [3.63, 3.8) is 0 Å². The van der Waals surface area contributed by atoms with E-state index >= 15 is 0 Å². The second-order valence-electron chi connectivity index (χ2n) is 10.1. The first kappa shape index (κ1) is 39.6. The number of carbonyl (C=O) groups excluding carboxylic acids is 6. The van der Waals surface area contributed by atoms with Gasteiger partial charge in [0.1, 0.15) is 12.2 Å². The SMILES string of the molecule is CC(=O)OC1OC(C)[C@H](OC(C)=O)C1OC(C)=O.CC(=O)OC1OC(C)[C@H](OC(C)=O)C1OC(C)=O.CC1OC(O)C(O)[C@H]1O. The van der Waals surface area contributed by atoms with Crippen LogP contribution in [0.2, 0.25) is 0 Å². The van der Waals surface area contributed by atoms with Crippen molar-refractivity contribution in [1.82, 2.24) is 0 Å². The van der Waals surface area contributed by atoms with E-state index < -0.39 is 110 Å². The summed E-state index contributed by atoms with van der Waals surface area (Å²) in [6.45, 7) is 12.1. The van der Waals surface area contributed by atoms with E-state index in [9.17, 15) is 28.8 Å². The summed E-state index contributed by atoms with van der Waals surface area (Å²) in [5.41, 5.74) is 0. The van der Waals surface area contributed by atoms with Crippen molar-refractivity contribution in [3.8, 4) is 0 Å². The number of hydrogen-bond acceptors (Lipinski definition) is 18. The summed E-state index contributed by atoms with van der Waals surface area (Å²) in [4.78, 5) is 65.8. The molecule has 0 amide bonds. The minimum atomic E-state index is -1.23. The highest BCUT2D eigenvalue weighted by atomic mass is 16.8. The predicted molar refractivity (Wildman–Crippen MR) is 143 cm³/mol. The number of esters is 6. The van der Waals surface area contributed by atoms with Gasteiger partial charge >= 0.3 is 35.8 Å². The van der Waals surface area contributed by atoms with Gasteiger partial charge in [0.25, 0.3) is 0 Å². The molecule has 18 heteroatoms. The van der Waals surface area contributed by atoms with E-state index in [1.54, 1.807) is 20.8 Å². The Kier molecular flexibility index (Phi) is 15.8. The van der Waals surface area contributed by atoms with Crippen LogP contribution in [-0.4, -0.2) is 125 Å². The van der Waals surface area contributed by atoms with Crippen LogP contribution in [0, 0.1) is 0 Å². The minimum Gasteiger partial charge on any atom is -0.456 e. The van der Waals surface area contributed by atoms with Gasteiger partial charge in [-0.3, -0.25) is 28.8 Å². The molecular formula is C27H42O18. The van der Waals surface area contributed by atoms with Gasteiger partial charge in [0, 0.05) is 41.5 Å². The summed E-state index contributed by atoms with van der Waals surface area (Å²) in [6, 6.07) is 0. The molecule has 18 nitrogen and oxygen atoms in total. The molecule has 3 aliphatic heterocycles. The monoisotopic (exact) mass is 654 g/mol. The lowest BCUT2D eigenvalue weighted by molar-refractivity contribution is -0.195. The van der Waals surface area contributed by atoms with Gasteiger partial charge in [-0.15, -0.1) is 0 Å². The fourth-order valence-electron chi connectivity index (χ4n) is 4.26. The zero-order valence-corrected chi connectivity index (χ0v) is 26.4. The summed E-state index contributed by atoms with van der Waals surface area (Å²) in [5.74, 6) is -3.37. The maximum Gasteiger partial charge on any atom is 0.305 e. The van der Waals surface area contributed by atoms with E-state index in [0.717, 1.165) is 0 Å². The molecule has 0 bridgehead atoms. The molecule has 3 fully saturated rings. The van der Waals surface area contributed by atoms with Crippen molar-refractivity contribution in [2.45, 2.75) is 136 Å². The molecule has 0 saturated carbocycles. The molecule has 3 N–H and O–H groups in total. The Bertz CT molecular complexity index is 967. The molecule has 3 aliphatic rings. The molecule has 0 aliphatic carbocycles. The quantitative estimate of drug-likeness (QED) is 0.224. The third-order valence-electron chi connectivity index (χ3n) is 6.06. The summed E-state index contributed by atoms with van der Waals surface area (Å²) < 4.78 is 45.0. The molecule has 0 aromatic rings. The van der Waals surface area contributed by atoms with Crippen LogP contribution < -0.4 is 0 Å². The standard InChI is InChI=1S/2C11H16O7.C5H10O4/c2*1-5-9(16-6(2)12)10(17-7(3)13)11(15-5)18-8(4)14;1-2-3(6)4(7)5(8)9-2/h2*5,9-11H,1-4H3;2-8H,1H3/t2*5?,9-,10?,11?;2?,3-,4?,5?/m000/s1. The van der Waals surface area contributed by atoms with Gasteiger partial charge in [0.05, 0.1) is 18.3 Å². The van der Waals surface area contributed by atoms with E-state index in [2.05, 4.69) is 4.74 Å². The number of hydrogen-bond donors (Lipinski definition) is 3. The number of ether oxygens (including phenoxy) is 9. The molecule has 258 valence electrons. The molecule has 45 heavy (non-hydrogen) atoms. The topological polar surface area (TPSA) is 246 Å². The smallest absolute Gasteiger partial charge is 0.305 e. The molecule has 12 atom stereocenters. The number of carbonyl (C=O) groups is 6. The van der Waals surface area contributed by atoms with E-state index in [0.29, 0.717) is 0 Å². The number of rotatable bonds is 6. The van der Waals surface area contributed by atoms with Gasteiger partial charge in [-0.1, -0.05) is 0 Å². The second-order valence-corrected chi connectivity index (χ2v) is 10.1. The van der Waals surface area contributed by atoms with Crippen molar-refractivity contribution in [1.29, 1.82) is 0 Å². The van der Waals surface area contributed by atoms with Gasteiger partial charge in [-0.2, -0.15) is 0 Å². The Morgan fingerprint density at radius 1 is 0.422 bits per heavy atom.